The maximum Gasteiger partial charge on any atom is 0.243 e. The number of nitrogens with one attached hydrogen (secondary N) is 1. The van der Waals surface area contributed by atoms with E-state index in [4.69, 9.17) is 21.1 Å². The molecule has 3 aromatic rings. The summed E-state index contributed by atoms with van der Waals surface area (Å²) in [6.45, 7) is 9.77. The number of hydrogen-bond donors (Lipinski definition) is 1. The van der Waals surface area contributed by atoms with Gasteiger partial charge in [-0.1, -0.05) is 80.0 Å². The zero-order valence-electron chi connectivity index (χ0n) is 24.0. The fraction of sp³-hybridized carbons (Fsp3) is 0.394. The number of carbonyl (C=O) groups excluding carboxylic acids is 2. The Balaban J connectivity index is 1.90. The molecule has 7 heteroatoms. The Morgan fingerprint density at radius 2 is 1.55 bits per heavy atom. The van der Waals surface area contributed by atoms with Gasteiger partial charge in [-0.3, -0.25) is 9.59 Å². The molecule has 40 heavy (non-hydrogen) atoms. The first kappa shape index (κ1) is 31.0. The van der Waals surface area contributed by atoms with E-state index < -0.39 is 6.04 Å². The lowest BCUT2D eigenvalue weighted by Crippen LogP contribution is -2.51. The summed E-state index contributed by atoms with van der Waals surface area (Å²) in [6.07, 6.45) is 1.13. The van der Waals surface area contributed by atoms with Crippen LogP contribution in [0.2, 0.25) is 5.02 Å². The number of ether oxygens (including phenoxy) is 2. The minimum absolute atomic E-state index is 0.118. The first-order valence-electron chi connectivity index (χ1n) is 14.0. The number of benzene rings is 3. The highest BCUT2D eigenvalue weighted by Gasteiger charge is 2.30. The Labute approximate surface area is 243 Å². The van der Waals surface area contributed by atoms with E-state index in [1.54, 1.807) is 11.0 Å². The maximum atomic E-state index is 13.9. The van der Waals surface area contributed by atoms with Crippen LogP contribution in [0.5, 0.6) is 11.5 Å². The molecule has 0 fully saturated rings. The van der Waals surface area contributed by atoms with Gasteiger partial charge in [-0.2, -0.15) is 0 Å². The highest BCUT2D eigenvalue weighted by molar-refractivity contribution is 6.31. The highest BCUT2D eigenvalue weighted by Crippen LogP contribution is 2.29. The van der Waals surface area contributed by atoms with Crippen molar-refractivity contribution in [2.24, 2.45) is 5.92 Å². The molecule has 3 aromatic carbocycles. The lowest BCUT2D eigenvalue weighted by molar-refractivity contribution is -0.141. The zero-order chi connectivity index (χ0) is 28.9. The molecule has 6 nitrogen and oxygen atoms in total. The van der Waals surface area contributed by atoms with Gasteiger partial charge in [-0.15, -0.1) is 0 Å². The third-order valence-electron chi connectivity index (χ3n) is 6.49. The van der Waals surface area contributed by atoms with Crippen LogP contribution in [-0.2, 0) is 29.0 Å². The average molecular weight is 565 g/mol. The van der Waals surface area contributed by atoms with Crippen molar-refractivity contribution in [1.29, 1.82) is 0 Å². The van der Waals surface area contributed by atoms with Crippen LogP contribution in [0.15, 0.2) is 72.8 Å². The number of amides is 2. The van der Waals surface area contributed by atoms with Crippen LogP contribution in [0.4, 0.5) is 0 Å². The summed E-state index contributed by atoms with van der Waals surface area (Å²) in [5.41, 5.74) is 2.74. The van der Waals surface area contributed by atoms with Gasteiger partial charge in [0.2, 0.25) is 11.8 Å². The molecule has 0 saturated carbocycles. The van der Waals surface area contributed by atoms with Gasteiger partial charge in [-0.05, 0) is 61.1 Å². The Bertz CT molecular complexity index is 1230. The van der Waals surface area contributed by atoms with Crippen molar-refractivity contribution in [3.8, 4) is 11.5 Å². The lowest BCUT2D eigenvalue weighted by Gasteiger charge is -2.32. The van der Waals surface area contributed by atoms with E-state index in [0.717, 1.165) is 16.7 Å². The summed E-state index contributed by atoms with van der Waals surface area (Å²) in [7, 11) is 0. The summed E-state index contributed by atoms with van der Waals surface area (Å²) < 4.78 is 11.5. The highest BCUT2D eigenvalue weighted by atomic mass is 35.5. The Kier molecular flexibility index (Phi) is 12.4. The summed E-state index contributed by atoms with van der Waals surface area (Å²) in [6, 6.07) is 22.3. The maximum absolute atomic E-state index is 13.9. The van der Waals surface area contributed by atoms with Crippen molar-refractivity contribution >= 4 is 23.4 Å². The van der Waals surface area contributed by atoms with Crippen molar-refractivity contribution in [3.63, 3.8) is 0 Å². The third-order valence-corrected chi connectivity index (χ3v) is 6.86. The molecular formula is C33H41ClN2O4. The average Bonchev–Trinajstić information content (AvgIpc) is 2.95. The summed E-state index contributed by atoms with van der Waals surface area (Å²) >= 11 is 6.52. The monoisotopic (exact) mass is 564 g/mol. The van der Waals surface area contributed by atoms with Gasteiger partial charge >= 0.3 is 0 Å². The second kappa shape index (κ2) is 15.9. The molecule has 0 aromatic heterocycles. The second-order valence-corrected chi connectivity index (χ2v) is 10.5. The molecule has 0 saturated heterocycles. The molecular weight excluding hydrogens is 524 g/mol. The molecule has 0 aliphatic rings. The van der Waals surface area contributed by atoms with Crippen molar-refractivity contribution < 1.29 is 19.1 Å². The minimum atomic E-state index is -0.691. The van der Waals surface area contributed by atoms with E-state index >= 15 is 0 Å². The molecule has 1 N–H and O–H groups in total. The molecule has 0 radical (unpaired) electrons. The van der Waals surface area contributed by atoms with Gasteiger partial charge in [0.05, 0.1) is 13.2 Å². The number of halogens is 1. The Morgan fingerprint density at radius 3 is 2.23 bits per heavy atom. The molecule has 0 aliphatic heterocycles. The molecule has 1 atom stereocenters. The van der Waals surface area contributed by atoms with Crippen LogP contribution < -0.4 is 14.8 Å². The van der Waals surface area contributed by atoms with E-state index in [0.29, 0.717) is 49.1 Å². The normalized spacial score (nSPS) is 11.7. The van der Waals surface area contributed by atoms with Gasteiger partial charge in [-0.25, -0.2) is 0 Å². The first-order chi connectivity index (χ1) is 19.3. The van der Waals surface area contributed by atoms with Crippen molar-refractivity contribution in [2.75, 3.05) is 19.8 Å². The Morgan fingerprint density at radius 1 is 0.875 bits per heavy atom. The summed E-state index contributed by atoms with van der Waals surface area (Å²) in [4.78, 5) is 29.2. The first-order valence-corrected chi connectivity index (χ1v) is 14.4. The van der Waals surface area contributed by atoms with Crippen LogP contribution >= 0.6 is 11.6 Å². The third kappa shape index (κ3) is 9.30. The molecule has 3 rings (SSSR count). The smallest absolute Gasteiger partial charge is 0.243 e. The van der Waals surface area contributed by atoms with Gasteiger partial charge in [0, 0.05) is 31.0 Å². The second-order valence-electron chi connectivity index (χ2n) is 10.1. The van der Waals surface area contributed by atoms with Gasteiger partial charge in [0.1, 0.15) is 6.04 Å². The lowest BCUT2D eigenvalue weighted by atomic mass is 10.0. The van der Waals surface area contributed by atoms with Crippen LogP contribution in [0, 0.1) is 5.92 Å². The fourth-order valence-corrected chi connectivity index (χ4v) is 4.63. The summed E-state index contributed by atoms with van der Waals surface area (Å²) in [5.74, 6) is 1.35. The van der Waals surface area contributed by atoms with Crippen molar-refractivity contribution in [1.82, 2.24) is 10.2 Å². The topological polar surface area (TPSA) is 67.9 Å². The van der Waals surface area contributed by atoms with Crippen LogP contribution in [0.3, 0.4) is 0 Å². The Hall–Kier alpha value is -3.51. The van der Waals surface area contributed by atoms with Crippen LogP contribution in [0.25, 0.3) is 0 Å². The zero-order valence-corrected chi connectivity index (χ0v) is 24.7. The molecule has 214 valence electrons. The van der Waals surface area contributed by atoms with Crippen LogP contribution in [0.1, 0.15) is 50.8 Å². The number of nitrogens with zero attached hydrogens (tertiary/aromatic N) is 1. The van der Waals surface area contributed by atoms with E-state index in [-0.39, 0.29) is 30.7 Å². The summed E-state index contributed by atoms with van der Waals surface area (Å²) in [5, 5.41) is 3.62. The van der Waals surface area contributed by atoms with E-state index in [1.807, 2.05) is 94.4 Å². The predicted molar refractivity (Wildman–Crippen MR) is 161 cm³/mol. The number of aryl methyl sites for hydroxylation is 1. The fourth-order valence-electron chi connectivity index (χ4n) is 4.43. The molecule has 0 bridgehead atoms. The van der Waals surface area contributed by atoms with Crippen molar-refractivity contribution in [2.45, 2.75) is 59.5 Å². The SMILES string of the molecule is CCOc1ccc(CCC(=O)N(Cc2ccccc2Cl)[C@@H](Cc2ccccc2)C(=O)NCC(C)C)cc1OCC. The number of hydrogen-bond acceptors (Lipinski definition) is 4. The molecule has 0 spiro atoms. The number of rotatable bonds is 15. The minimum Gasteiger partial charge on any atom is -0.490 e. The number of carbonyl (C=O) groups is 2. The van der Waals surface area contributed by atoms with Gasteiger partial charge in [0.25, 0.3) is 0 Å². The molecule has 0 aliphatic carbocycles. The molecule has 0 unspecified atom stereocenters. The standard InChI is InChI=1S/C33H41ClN2O4/c1-5-39-30-18-16-26(21-31(30)40-6-2)17-19-32(37)36(23-27-14-10-11-15-28(27)34)29(33(38)35-22-24(3)4)20-25-12-8-7-9-13-25/h7-16,18,21,24,29H,5-6,17,19-20,22-23H2,1-4H3,(H,35,38)/t29-/m0/s1. The quantitative estimate of drug-likeness (QED) is 0.229. The van der Waals surface area contributed by atoms with E-state index in [1.165, 1.54) is 0 Å². The van der Waals surface area contributed by atoms with Crippen LogP contribution in [-0.4, -0.2) is 42.5 Å². The molecule has 0 heterocycles. The molecule has 2 amide bonds. The van der Waals surface area contributed by atoms with Crippen molar-refractivity contribution in [3.05, 3.63) is 94.5 Å². The largest absolute Gasteiger partial charge is 0.490 e. The van der Waals surface area contributed by atoms with Gasteiger partial charge in [0.15, 0.2) is 11.5 Å². The van der Waals surface area contributed by atoms with Gasteiger partial charge < -0.3 is 19.7 Å². The predicted octanol–water partition coefficient (Wildman–Crippen LogP) is 6.48. The van der Waals surface area contributed by atoms with E-state index in [2.05, 4.69) is 5.32 Å². The van der Waals surface area contributed by atoms with E-state index in [9.17, 15) is 9.59 Å².